The lowest BCUT2D eigenvalue weighted by atomic mass is 9.89. The van der Waals surface area contributed by atoms with Crippen molar-refractivity contribution in [2.45, 2.75) is 91.1 Å². The van der Waals surface area contributed by atoms with Crippen molar-refractivity contribution in [3.63, 3.8) is 0 Å². The van der Waals surface area contributed by atoms with E-state index in [0.29, 0.717) is 30.7 Å². The first-order valence-corrected chi connectivity index (χ1v) is 15.0. The number of anilines is 1. The van der Waals surface area contributed by atoms with Crippen LogP contribution in [0.25, 0.3) is 0 Å². The van der Waals surface area contributed by atoms with Gasteiger partial charge in [-0.25, -0.2) is 9.18 Å². The molecule has 1 aliphatic rings. The van der Waals surface area contributed by atoms with Crippen molar-refractivity contribution in [3.05, 3.63) is 58.9 Å². The second-order valence-electron chi connectivity index (χ2n) is 12.5. The fourth-order valence-corrected chi connectivity index (χ4v) is 5.16. The fourth-order valence-electron chi connectivity index (χ4n) is 5.16. The fraction of sp³-hybridized carbons (Fsp3) is 0.545. The summed E-state index contributed by atoms with van der Waals surface area (Å²) in [7, 11) is 0.950. The summed E-state index contributed by atoms with van der Waals surface area (Å²) in [5.74, 6) is -4.73. The van der Waals surface area contributed by atoms with Gasteiger partial charge in [0.25, 0.3) is 0 Å². The minimum atomic E-state index is -5.43. The maximum atomic E-state index is 16.6. The number of rotatable bonds is 11. The lowest BCUT2D eigenvalue weighted by Gasteiger charge is -2.39. The molecule has 2 aromatic carbocycles. The number of carbonyl (C=O) groups excluding carboxylic acids is 3. The van der Waals surface area contributed by atoms with E-state index < -0.39 is 53.8 Å². The minimum Gasteiger partial charge on any atom is -0.491 e. The number of nitrogens with zero attached hydrogens (tertiary/aromatic N) is 2. The standard InChI is InChI=1S/C33H42F4N2O6/c1-21(2)11-10-14-24-18-25-23(19-38(24)31(42)45-32(3,4)5)17-26(44-16-15-22-12-8-7-9-13-22)29(28(25)34)39(20-27(40)43-6)30(41)33(35,36)37/h7-9,12-13,17,21,24H,10-11,14-16,18-20H2,1-6H3/t24-/m0/s1. The lowest BCUT2D eigenvalue weighted by Crippen LogP contribution is -2.47. The molecule has 0 spiro atoms. The van der Waals surface area contributed by atoms with Crippen molar-refractivity contribution in [2.75, 3.05) is 25.2 Å². The third-order valence-electron chi connectivity index (χ3n) is 7.33. The van der Waals surface area contributed by atoms with E-state index >= 15 is 4.39 Å². The van der Waals surface area contributed by atoms with Gasteiger partial charge in [0.1, 0.15) is 23.6 Å². The van der Waals surface area contributed by atoms with Gasteiger partial charge in [0.2, 0.25) is 0 Å². The van der Waals surface area contributed by atoms with Crippen LogP contribution in [0.15, 0.2) is 36.4 Å². The van der Waals surface area contributed by atoms with Crippen molar-refractivity contribution in [1.82, 2.24) is 4.90 Å². The van der Waals surface area contributed by atoms with Gasteiger partial charge in [-0.15, -0.1) is 0 Å². The van der Waals surface area contributed by atoms with Gasteiger partial charge in [-0.2, -0.15) is 13.2 Å². The molecular weight excluding hydrogens is 596 g/mol. The van der Waals surface area contributed by atoms with E-state index in [0.717, 1.165) is 19.1 Å². The average molecular weight is 639 g/mol. The Balaban J connectivity index is 2.13. The number of carbonyl (C=O) groups is 3. The number of hydrogen-bond donors (Lipinski definition) is 0. The van der Waals surface area contributed by atoms with Crippen LogP contribution < -0.4 is 9.64 Å². The normalized spacial score (nSPS) is 15.0. The quantitative estimate of drug-likeness (QED) is 0.195. The number of esters is 1. The van der Waals surface area contributed by atoms with Crippen LogP contribution in [0.1, 0.15) is 70.6 Å². The Hall–Kier alpha value is -3.83. The Bertz CT molecular complexity index is 1340. The van der Waals surface area contributed by atoms with Crippen LogP contribution in [-0.2, 0) is 38.4 Å². The first-order valence-electron chi connectivity index (χ1n) is 15.0. The van der Waals surface area contributed by atoms with Gasteiger partial charge in [-0.05, 0) is 62.3 Å². The van der Waals surface area contributed by atoms with Gasteiger partial charge < -0.3 is 19.1 Å². The summed E-state index contributed by atoms with van der Waals surface area (Å²) >= 11 is 0. The van der Waals surface area contributed by atoms with Crippen LogP contribution in [0.5, 0.6) is 5.75 Å². The van der Waals surface area contributed by atoms with Crippen LogP contribution >= 0.6 is 0 Å². The third-order valence-corrected chi connectivity index (χ3v) is 7.33. The molecule has 0 radical (unpaired) electrons. The van der Waals surface area contributed by atoms with Crippen molar-refractivity contribution in [2.24, 2.45) is 5.92 Å². The number of alkyl halides is 3. The molecule has 0 aromatic heterocycles. The van der Waals surface area contributed by atoms with E-state index in [1.165, 1.54) is 11.0 Å². The van der Waals surface area contributed by atoms with Gasteiger partial charge in [0.15, 0.2) is 5.82 Å². The van der Waals surface area contributed by atoms with Crippen molar-refractivity contribution >= 4 is 23.7 Å². The predicted molar refractivity (Wildman–Crippen MR) is 160 cm³/mol. The minimum absolute atomic E-state index is 0.0211. The number of hydrogen-bond acceptors (Lipinski definition) is 6. The summed E-state index contributed by atoms with van der Waals surface area (Å²) in [4.78, 5) is 39.7. The molecule has 1 atom stereocenters. The summed E-state index contributed by atoms with van der Waals surface area (Å²) in [5.41, 5.74) is -0.404. The topological polar surface area (TPSA) is 85.4 Å². The highest BCUT2D eigenvalue weighted by molar-refractivity contribution is 6.02. The smallest absolute Gasteiger partial charge is 0.471 e. The summed E-state index contributed by atoms with van der Waals surface area (Å²) in [6, 6.07) is 9.91. The number of benzene rings is 2. The van der Waals surface area contributed by atoms with Crippen LogP contribution in [-0.4, -0.2) is 61.0 Å². The Morgan fingerprint density at radius 3 is 2.33 bits per heavy atom. The molecule has 0 aliphatic carbocycles. The van der Waals surface area contributed by atoms with Crippen molar-refractivity contribution < 1.29 is 46.2 Å². The molecule has 12 heteroatoms. The van der Waals surface area contributed by atoms with Gasteiger partial charge in [0.05, 0.1) is 13.7 Å². The number of ether oxygens (including phenoxy) is 3. The largest absolute Gasteiger partial charge is 0.491 e. The molecule has 0 N–H and O–H groups in total. The van der Waals surface area contributed by atoms with E-state index in [9.17, 15) is 27.6 Å². The Morgan fingerprint density at radius 1 is 1.09 bits per heavy atom. The first-order chi connectivity index (χ1) is 21.0. The van der Waals surface area contributed by atoms with Crippen molar-refractivity contribution in [1.29, 1.82) is 0 Å². The number of methoxy groups -OCH3 is 1. The van der Waals surface area contributed by atoms with Gasteiger partial charge in [-0.1, -0.05) is 57.0 Å². The second kappa shape index (κ2) is 15.0. The Kier molecular flexibility index (Phi) is 11.9. The zero-order chi connectivity index (χ0) is 33.5. The predicted octanol–water partition coefficient (Wildman–Crippen LogP) is 7.00. The second-order valence-corrected chi connectivity index (χ2v) is 12.5. The molecule has 2 aromatic rings. The third kappa shape index (κ3) is 9.83. The monoisotopic (exact) mass is 638 g/mol. The van der Waals surface area contributed by atoms with Crippen LogP contribution in [0.2, 0.25) is 0 Å². The molecule has 248 valence electrons. The lowest BCUT2D eigenvalue weighted by molar-refractivity contribution is -0.171. The summed E-state index contributed by atoms with van der Waals surface area (Å²) in [5, 5.41) is 0. The molecule has 1 aliphatic heterocycles. The molecule has 0 saturated carbocycles. The van der Waals surface area contributed by atoms with E-state index in [2.05, 4.69) is 18.6 Å². The zero-order valence-corrected chi connectivity index (χ0v) is 26.6. The van der Waals surface area contributed by atoms with E-state index in [1.54, 1.807) is 20.8 Å². The van der Waals surface area contributed by atoms with Crippen molar-refractivity contribution in [3.8, 4) is 5.75 Å². The zero-order valence-electron chi connectivity index (χ0n) is 26.6. The molecule has 45 heavy (non-hydrogen) atoms. The Labute approximate surface area is 261 Å². The average Bonchev–Trinajstić information content (AvgIpc) is 2.95. The van der Waals surface area contributed by atoms with Crippen LogP contribution in [0, 0.1) is 11.7 Å². The molecule has 3 rings (SSSR count). The molecule has 2 amide bonds. The van der Waals surface area contributed by atoms with E-state index in [4.69, 9.17) is 9.47 Å². The van der Waals surface area contributed by atoms with Gasteiger partial charge in [-0.3, -0.25) is 14.5 Å². The molecule has 1 heterocycles. The summed E-state index contributed by atoms with van der Waals surface area (Å²) in [6.45, 7) is 7.95. The molecular formula is C33H42F4N2O6. The molecule has 0 bridgehead atoms. The van der Waals surface area contributed by atoms with E-state index in [1.807, 2.05) is 30.3 Å². The number of amides is 2. The molecule has 8 nitrogen and oxygen atoms in total. The maximum absolute atomic E-state index is 16.6. The SMILES string of the molecule is COC(=O)CN(C(=O)C(F)(F)F)c1c(OCCc2ccccc2)cc2c(c1F)C[C@H](CCCC(C)C)N(C(=O)OC(C)(C)C)C2. The van der Waals surface area contributed by atoms with Crippen LogP contribution in [0.4, 0.5) is 28.0 Å². The highest BCUT2D eigenvalue weighted by Crippen LogP contribution is 2.41. The van der Waals surface area contributed by atoms with Crippen LogP contribution in [0.3, 0.4) is 0 Å². The van der Waals surface area contributed by atoms with Gasteiger partial charge in [0, 0.05) is 19.0 Å². The highest BCUT2D eigenvalue weighted by Gasteiger charge is 2.46. The maximum Gasteiger partial charge on any atom is 0.471 e. The molecule has 0 saturated heterocycles. The summed E-state index contributed by atoms with van der Waals surface area (Å²) < 4.78 is 74.0. The summed E-state index contributed by atoms with van der Waals surface area (Å²) in [6.07, 6.45) is -3.68. The Morgan fingerprint density at radius 2 is 1.76 bits per heavy atom. The van der Waals surface area contributed by atoms with Gasteiger partial charge >= 0.3 is 24.1 Å². The number of fused-ring (bicyclic) bond motifs is 1. The number of halogens is 4. The molecule has 0 fully saturated rings. The van der Waals surface area contributed by atoms with E-state index in [-0.39, 0.29) is 35.8 Å². The molecule has 0 unspecified atom stereocenters. The highest BCUT2D eigenvalue weighted by atomic mass is 19.4. The first kappa shape index (κ1) is 35.6.